The van der Waals surface area contributed by atoms with Crippen molar-refractivity contribution in [2.24, 2.45) is 0 Å². The Labute approximate surface area is 116 Å². The first-order chi connectivity index (χ1) is 9.38. The SMILES string of the molecule is CCN1CCCC(Nc2cc(C(F)(F)F)cc(N)n2)C1. The van der Waals surface area contributed by atoms with Crippen LogP contribution in [0.5, 0.6) is 0 Å². The second-order valence-corrected chi connectivity index (χ2v) is 5.04. The summed E-state index contributed by atoms with van der Waals surface area (Å²) < 4.78 is 38.2. The Hall–Kier alpha value is -1.50. The number of nitrogens with two attached hydrogens (primary N) is 1. The Bertz CT molecular complexity index is 461. The summed E-state index contributed by atoms with van der Waals surface area (Å²) in [4.78, 5) is 6.20. The maximum absolute atomic E-state index is 12.7. The fourth-order valence-electron chi connectivity index (χ4n) is 2.46. The van der Waals surface area contributed by atoms with E-state index in [9.17, 15) is 13.2 Å². The number of rotatable bonds is 3. The first-order valence-corrected chi connectivity index (χ1v) is 6.72. The van der Waals surface area contributed by atoms with Gasteiger partial charge in [-0.3, -0.25) is 0 Å². The van der Waals surface area contributed by atoms with E-state index in [4.69, 9.17) is 5.73 Å². The zero-order valence-corrected chi connectivity index (χ0v) is 11.4. The van der Waals surface area contributed by atoms with E-state index in [1.165, 1.54) is 0 Å². The molecule has 0 aromatic carbocycles. The first kappa shape index (κ1) is 14.9. The van der Waals surface area contributed by atoms with Crippen LogP contribution in [0.2, 0.25) is 0 Å². The molecule has 0 amide bonds. The van der Waals surface area contributed by atoms with Crippen LogP contribution in [-0.4, -0.2) is 35.6 Å². The third-order valence-corrected chi connectivity index (χ3v) is 3.48. The third kappa shape index (κ3) is 3.75. The van der Waals surface area contributed by atoms with E-state index in [1.54, 1.807) is 0 Å². The van der Waals surface area contributed by atoms with Gasteiger partial charge in [0.05, 0.1) is 5.56 Å². The quantitative estimate of drug-likeness (QED) is 0.897. The number of nitrogens with zero attached hydrogens (tertiary/aromatic N) is 2. The van der Waals surface area contributed by atoms with Crippen molar-refractivity contribution in [2.75, 3.05) is 30.7 Å². The maximum Gasteiger partial charge on any atom is 0.416 e. The highest BCUT2D eigenvalue weighted by Gasteiger charge is 2.31. The van der Waals surface area contributed by atoms with Crippen LogP contribution in [0.15, 0.2) is 12.1 Å². The molecule has 0 radical (unpaired) electrons. The molecule has 3 N–H and O–H groups in total. The van der Waals surface area contributed by atoms with Gasteiger partial charge in [-0.15, -0.1) is 0 Å². The minimum atomic E-state index is -4.41. The van der Waals surface area contributed by atoms with Gasteiger partial charge in [-0.1, -0.05) is 6.92 Å². The maximum atomic E-state index is 12.7. The van der Waals surface area contributed by atoms with Gasteiger partial charge in [-0.2, -0.15) is 13.2 Å². The van der Waals surface area contributed by atoms with Gasteiger partial charge >= 0.3 is 6.18 Å². The molecule has 4 nitrogen and oxygen atoms in total. The molecule has 0 aliphatic carbocycles. The molecule has 7 heteroatoms. The molecule has 1 atom stereocenters. The standard InChI is InChI=1S/C13H19F3N4/c1-2-20-5-3-4-10(8-20)18-12-7-9(13(14,15)16)6-11(17)19-12/h6-7,10H,2-5,8H2,1H3,(H3,17,18,19). The lowest BCUT2D eigenvalue weighted by Gasteiger charge is -2.32. The molecular formula is C13H19F3N4. The second kappa shape index (κ2) is 5.87. The van der Waals surface area contributed by atoms with Crippen molar-refractivity contribution in [3.8, 4) is 0 Å². The topological polar surface area (TPSA) is 54.2 Å². The van der Waals surface area contributed by atoms with Gasteiger partial charge < -0.3 is 16.0 Å². The van der Waals surface area contributed by atoms with E-state index in [2.05, 4.69) is 22.1 Å². The minimum Gasteiger partial charge on any atom is -0.384 e. The van der Waals surface area contributed by atoms with Gasteiger partial charge in [0.15, 0.2) is 0 Å². The van der Waals surface area contributed by atoms with Crippen LogP contribution in [0, 0.1) is 0 Å². The van der Waals surface area contributed by atoms with E-state index in [1.807, 2.05) is 0 Å². The number of nitrogen functional groups attached to an aromatic ring is 1. The number of piperidine rings is 1. The number of hydrogen-bond donors (Lipinski definition) is 2. The van der Waals surface area contributed by atoms with Crippen LogP contribution >= 0.6 is 0 Å². The third-order valence-electron chi connectivity index (χ3n) is 3.48. The van der Waals surface area contributed by atoms with E-state index >= 15 is 0 Å². The molecule has 1 aliphatic heterocycles. The highest BCUT2D eigenvalue weighted by molar-refractivity contribution is 5.48. The zero-order chi connectivity index (χ0) is 14.8. The van der Waals surface area contributed by atoms with Crippen molar-refractivity contribution in [3.63, 3.8) is 0 Å². The van der Waals surface area contributed by atoms with Crippen LogP contribution in [-0.2, 0) is 6.18 Å². The number of alkyl halides is 3. The fraction of sp³-hybridized carbons (Fsp3) is 0.615. The Balaban J connectivity index is 2.11. The summed E-state index contributed by atoms with van der Waals surface area (Å²) in [6.07, 6.45) is -2.45. The lowest BCUT2D eigenvalue weighted by atomic mass is 10.1. The van der Waals surface area contributed by atoms with Crippen LogP contribution in [0.25, 0.3) is 0 Å². The van der Waals surface area contributed by atoms with Gasteiger partial charge in [-0.05, 0) is 38.1 Å². The van der Waals surface area contributed by atoms with Crippen molar-refractivity contribution < 1.29 is 13.2 Å². The summed E-state index contributed by atoms with van der Waals surface area (Å²) in [5.74, 6) is 0.0748. The monoisotopic (exact) mass is 288 g/mol. The highest BCUT2D eigenvalue weighted by atomic mass is 19.4. The summed E-state index contributed by atoms with van der Waals surface area (Å²) in [6.45, 7) is 4.86. The lowest BCUT2D eigenvalue weighted by molar-refractivity contribution is -0.137. The minimum absolute atomic E-state index is 0.110. The summed E-state index contributed by atoms with van der Waals surface area (Å²) in [7, 11) is 0. The molecule has 2 rings (SSSR count). The van der Waals surface area contributed by atoms with Gasteiger partial charge in [0, 0.05) is 12.6 Å². The molecule has 20 heavy (non-hydrogen) atoms. The molecule has 1 saturated heterocycles. The van der Waals surface area contributed by atoms with E-state index in [0.29, 0.717) is 0 Å². The van der Waals surface area contributed by atoms with Gasteiger partial charge in [0.25, 0.3) is 0 Å². The number of hydrogen-bond acceptors (Lipinski definition) is 4. The number of nitrogens with one attached hydrogen (secondary N) is 1. The van der Waals surface area contributed by atoms with E-state index in [0.717, 1.165) is 44.6 Å². The Morgan fingerprint density at radius 1 is 1.45 bits per heavy atom. The molecule has 2 heterocycles. The van der Waals surface area contributed by atoms with Gasteiger partial charge in [0.2, 0.25) is 0 Å². The molecular weight excluding hydrogens is 269 g/mol. The lowest BCUT2D eigenvalue weighted by Crippen LogP contribution is -2.42. The number of halogens is 3. The summed E-state index contributed by atoms with van der Waals surface area (Å²) >= 11 is 0. The Morgan fingerprint density at radius 2 is 2.20 bits per heavy atom. The predicted octanol–water partition coefficient (Wildman–Crippen LogP) is 2.58. The number of anilines is 2. The van der Waals surface area contributed by atoms with E-state index in [-0.39, 0.29) is 17.7 Å². The largest absolute Gasteiger partial charge is 0.416 e. The number of pyridine rings is 1. The van der Waals surface area contributed by atoms with Crippen molar-refractivity contribution in [3.05, 3.63) is 17.7 Å². The second-order valence-electron chi connectivity index (χ2n) is 5.04. The van der Waals surface area contributed by atoms with Crippen LogP contribution in [0.4, 0.5) is 24.8 Å². The molecule has 112 valence electrons. The van der Waals surface area contributed by atoms with Crippen molar-refractivity contribution in [1.29, 1.82) is 0 Å². The van der Waals surface area contributed by atoms with Gasteiger partial charge in [0.1, 0.15) is 11.6 Å². The van der Waals surface area contributed by atoms with Gasteiger partial charge in [-0.25, -0.2) is 4.98 Å². The predicted molar refractivity (Wildman–Crippen MR) is 72.4 cm³/mol. The van der Waals surface area contributed by atoms with Crippen molar-refractivity contribution in [2.45, 2.75) is 32.0 Å². The summed E-state index contributed by atoms with van der Waals surface area (Å²) in [5, 5.41) is 3.07. The highest BCUT2D eigenvalue weighted by Crippen LogP contribution is 2.31. The molecule has 0 bridgehead atoms. The molecule has 1 aromatic heterocycles. The molecule has 1 aromatic rings. The average Bonchev–Trinajstić information content (AvgIpc) is 2.37. The molecule has 0 saturated carbocycles. The van der Waals surface area contributed by atoms with Crippen LogP contribution in [0.3, 0.4) is 0 Å². The molecule has 1 unspecified atom stereocenters. The van der Waals surface area contributed by atoms with Crippen molar-refractivity contribution in [1.82, 2.24) is 9.88 Å². The van der Waals surface area contributed by atoms with Crippen molar-refractivity contribution >= 4 is 11.6 Å². The normalized spacial score (nSPS) is 20.9. The smallest absolute Gasteiger partial charge is 0.384 e. The van der Waals surface area contributed by atoms with E-state index < -0.39 is 11.7 Å². The Morgan fingerprint density at radius 3 is 2.85 bits per heavy atom. The number of likely N-dealkylation sites (tertiary alicyclic amines) is 1. The first-order valence-electron chi connectivity index (χ1n) is 6.72. The van der Waals surface area contributed by atoms with Crippen LogP contribution in [0.1, 0.15) is 25.3 Å². The fourth-order valence-corrected chi connectivity index (χ4v) is 2.46. The summed E-state index contributed by atoms with van der Waals surface area (Å²) in [5.41, 5.74) is 4.69. The molecule has 0 spiro atoms. The molecule has 1 aliphatic rings. The molecule has 1 fully saturated rings. The zero-order valence-electron chi connectivity index (χ0n) is 11.4. The van der Waals surface area contributed by atoms with Crippen LogP contribution < -0.4 is 11.1 Å². The Kier molecular flexibility index (Phi) is 4.37. The summed E-state index contributed by atoms with van der Waals surface area (Å²) in [6, 6.07) is 1.98. The number of aromatic nitrogens is 1. The number of likely N-dealkylation sites (N-methyl/N-ethyl adjacent to an activating group) is 1. The average molecular weight is 288 g/mol.